The first-order valence-corrected chi connectivity index (χ1v) is 7.67. The van der Waals surface area contributed by atoms with Gasteiger partial charge in [0.15, 0.2) is 11.5 Å². The van der Waals surface area contributed by atoms with E-state index in [1.165, 1.54) is 10.4 Å². The largest absolute Gasteiger partial charge is 0.486 e. The molecule has 8 heteroatoms. The lowest BCUT2D eigenvalue weighted by Crippen LogP contribution is -2.32. The number of nitrogens with zero attached hydrogens (tertiary/aromatic N) is 1. The summed E-state index contributed by atoms with van der Waals surface area (Å²) in [7, 11) is -3.49. The van der Waals surface area contributed by atoms with E-state index in [2.05, 4.69) is 0 Å². The van der Waals surface area contributed by atoms with E-state index in [1.54, 1.807) is 12.1 Å². The number of fused-ring (bicyclic) bond motifs is 1. The molecule has 0 unspecified atom stereocenters. The zero-order valence-corrected chi connectivity index (χ0v) is 12.5. The zero-order valence-electron chi connectivity index (χ0n) is 10.8. The van der Waals surface area contributed by atoms with Gasteiger partial charge in [-0.05, 0) is 18.6 Å². The Bertz CT molecular complexity index is 593. The van der Waals surface area contributed by atoms with Gasteiger partial charge in [-0.3, -0.25) is 0 Å². The van der Waals surface area contributed by atoms with Crippen molar-refractivity contribution in [2.45, 2.75) is 17.4 Å². The molecular weight excluding hydrogens is 304 g/mol. The maximum absolute atomic E-state index is 12.4. The molecule has 0 bridgehead atoms. The monoisotopic (exact) mass is 320 g/mol. The van der Waals surface area contributed by atoms with Crippen LogP contribution in [0.5, 0.6) is 11.5 Å². The van der Waals surface area contributed by atoms with E-state index < -0.39 is 10.0 Å². The van der Waals surface area contributed by atoms with Gasteiger partial charge < -0.3 is 15.2 Å². The summed E-state index contributed by atoms with van der Waals surface area (Å²) in [6.07, 6.45) is 0.698. The number of benzene rings is 1. The second-order valence-electron chi connectivity index (χ2n) is 4.72. The number of ether oxygens (including phenoxy) is 2. The van der Waals surface area contributed by atoms with Crippen LogP contribution in [-0.4, -0.2) is 45.1 Å². The van der Waals surface area contributed by atoms with Crippen LogP contribution < -0.4 is 15.2 Å². The Morgan fingerprint density at radius 3 is 2.55 bits per heavy atom. The Morgan fingerprint density at radius 1 is 1.20 bits per heavy atom. The summed E-state index contributed by atoms with van der Waals surface area (Å²) in [5.74, 6) is 1.07. The van der Waals surface area contributed by atoms with Crippen molar-refractivity contribution in [2.24, 2.45) is 5.73 Å². The van der Waals surface area contributed by atoms with E-state index in [4.69, 9.17) is 15.2 Å². The molecule has 2 heterocycles. The molecule has 1 atom stereocenters. The minimum atomic E-state index is -3.49. The lowest BCUT2D eigenvalue weighted by molar-refractivity contribution is 0.171. The fraction of sp³-hybridized carbons (Fsp3) is 0.500. The topological polar surface area (TPSA) is 81.9 Å². The molecule has 112 valence electrons. The minimum Gasteiger partial charge on any atom is -0.486 e. The normalized spacial score (nSPS) is 22.4. The summed E-state index contributed by atoms with van der Waals surface area (Å²) in [6, 6.07) is 4.63. The van der Waals surface area contributed by atoms with E-state index in [1.807, 2.05) is 0 Å². The molecule has 2 aliphatic rings. The van der Waals surface area contributed by atoms with Gasteiger partial charge in [-0.25, -0.2) is 8.42 Å². The van der Waals surface area contributed by atoms with E-state index in [-0.39, 0.29) is 23.3 Å². The number of hydrogen-bond donors (Lipinski definition) is 1. The molecule has 2 N–H and O–H groups in total. The second kappa shape index (κ2) is 5.77. The first-order chi connectivity index (χ1) is 9.07. The number of rotatable bonds is 2. The summed E-state index contributed by atoms with van der Waals surface area (Å²) in [5.41, 5.74) is 5.76. The molecule has 0 radical (unpaired) electrons. The van der Waals surface area contributed by atoms with Crippen LogP contribution in [0.1, 0.15) is 6.42 Å². The first-order valence-electron chi connectivity index (χ1n) is 6.23. The van der Waals surface area contributed by atoms with Crippen LogP contribution in [0.2, 0.25) is 0 Å². The molecule has 20 heavy (non-hydrogen) atoms. The fourth-order valence-electron chi connectivity index (χ4n) is 2.31. The quantitative estimate of drug-likeness (QED) is 0.863. The highest BCUT2D eigenvalue weighted by Gasteiger charge is 2.31. The molecule has 1 aromatic rings. The van der Waals surface area contributed by atoms with E-state index in [0.29, 0.717) is 44.2 Å². The molecule has 0 aromatic heterocycles. The molecule has 1 aromatic carbocycles. The summed E-state index contributed by atoms with van der Waals surface area (Å²) < 4.78 is 37.1. The van der Waals surface area contributed by atoms with Crippen LogP contribution in [0.15, 0.2) is 23.1 Å². The van der Waals surface area contributed by atoms with Crippen molar-refractivity contribution in [3.63, 3.8) is 0 Å². The molecule has 1 fully saturated rings. The van der Waals surface area contributed by atoms with Gasteiger partial charge in [0.2, 0.25) is 10.0 Å². The Morgan fingerprint density at radius 2 is 1.90 bits per heavy atom. The number of nitrogens with two attached hydrogens (primary N) is 1. The maximum Gasteiger partial charge on any atom is 0.243 e. The molecule has 0 amide bonds. The van der Waals surface area contributed by atoms with Gasteiger partial charge in [-0.2, -0.15) is 4.31 Å². The second-order valence-corrected chi connectivity index (χ2v) is 6.66. The molecule has 0 aliphatic carbocycles. The summed E-state index contributed by atoms with van der Waals surface area (Å²) in [4.78, 5) is 0.228. The van der Waals surface area contributed by atoms with Crippen molar-refractivity contribution in [2.75, 3.05) is 26.3 Å². The first kappa shape index (κ1) is 15.4. The summed E-state index contributed by atoms with van der Waals surface area (Å²) in [5, 5.41) is 0. The Labute approximate surface area is 124 Å². The van der Waals surface area contributed by atoms with Crippen molar-refractivity contribution in [1.82, 2.24) is 4.31 Å². The van der Waals surface area contributed by atoms with Gasteiger partial charge in [-0.15, -0.1) is 12.4 Å². The standard InChI is InChI=1S/C12H16N2O4S.ClH/c13-9-3-4-14(8-9)19(15,16)10-1-2-11-12(7-10)18-6-5-17-11;/h1-2,7,9H,3-6,8,13H2;1H/t9-;/m0./s1. The van der Waals surface area contributed by atoms with Crippen molar-refractivity contribution in [3.05, 3.63) is 18.2 Å². The molecule has 0 spiro atoms. The highest BCUT2D eigenvalue weighted by atomic mass is 35.5. The van der Waals surface area contributed by atoms with Crippen LogP contribution >= 0.6 is 12.4 Å². The predicted molar refractivity (Wildman–Crippen MR) is 76.0 cm³/mol. The Kier molecular flexibility index (Phi) is 4.43. The summed E-state index contributed by atoms with van der Waals surface area (Å²) >= 11 is 0. The average Bonchev–Trinajstić information content (AvgIpc) is 2.85. The molecule has 0 saturated carbocycles. The summed E-state index contributed by atoms with van der Waals surface area (Å²) in [6.45, 7) is 1.76. The highest BCUT2D eigenvalue weighted by Crippen LogP contribution is 2.33. The lowest BCUT2D eigenvalue weighted by atomic mass is 10.3. The Hall–Kier alpha value is -1.02. The van der Waals surface area contributed by atoms with Crippen molar-refractivity contribution >= 4 is 22.4 Å². The van der Waals surface area contributed by atoms with Gasteiger partial charge in [0, 0.05) is 25.2 Å². The molecule has 3 rings (SSSR count). The molecular formula is C12H17ClN2O4S. The van der Waals surface area contributed by atoms with Crippen LogP contribution in [0.4, 0.5) is 0 Å². The van der Waals surface area contributed by atoms with Crippen LogP contribution in [0.3, 0.4) is 0 Å². The molecule has 1 saturated heterocycles. The maximum atomic E-state index is 12.4. The van der Waals surface area contributed by atoms with Crippen LogP contribution in [-0.2, 0) is 10.0 Å². The van der Waals surface area contributed by atoms with Crippen molar-refractivity contribution in [1.29, 1.82) is 0 Å². The fourth-order valence-corrected chi connectivity index (χ4v) is 3.83. The Balaban J connectivity index is 0.00000147. The predicted octanol–water partition coefficient (Wildman–Crippen LogP) is 0.601. The third-order valence-electron chi connectivity index (χ3n) is 3.34. The lowest BCUT2D eigenvalue weighted by Gasteiger charge is -2.20. The zero-order chi connectivity index (χ0) is 13.5. The number of halogens is 1. The van der Waals surface area contributed by atoms with Crippen LogP contribution in [0, 0.1) is 0 Å². The van der Waals surface area contributed by atoms with Gasteiger partial charge in [0.05, 0.1) is 4.90 Å². The third kappa shape index (κ3) is 2.71. The number of hydrogen-bond acceptors (Lipinski definition) is 5. The van der Waals surface area contributed by atoms with Gasteiger partial charge in [0.25, 0.3) is 0 Å². The average molecular weight is 321 g/mol. The van der Waals surface area contributed by atoms with Crippen molar-refractivity contribution in [3.8, 4) is 11.5 Å². The third-order valence-corrected chi connectivity index (χ3v) is 5.20. The van der Waals surface area contributed by atoms with E-state index >= 15 is 0 Å². The highest BCUT2D eigenvalue weighted by molar-refractivity contribution is 7.89. The molecule has 2 aliphatic heterocycles. The van der Waals surface area contributed by atoms with Gasteiger partial charge >= 0.3 is 0 Å². The van der Waals surface area contributed by atoms with Gasteiger partial charge in [-0.1, -0.05) is 0 Å². The van der Waals surface area contributed by atoms with Crippen LogP contribution in [0.25, 0.3) is 0 Å². The van der Waals surface area contributed by atoms with Gasteiger partial charge in [0.1, 0.15) is 13.2 Å². The smallest absolute Gasteiger partial charge is 0.243 e. The minimum absolute atomic E-state index is 0. The number of sulfonamides is 1. The SMILES string of the molecule is Cl.N[C@H]1CCN(S(=O)(=O)c2ccc3c(c2)OCCO3)C1. The van der Waals surface area contributed by atoms with E-state index in [0.717, 1.165) is 0 Å². The molecule has 6 nitrogen and oxygen atoms in total. The van der Waals surface area contributed by atoms with Crippen molar-refractivity contribution < 1.29 is 17.9 Å². The van der Waals surface area contributed by atoms with E-state index in [9.17, 15) is 8.42 Å².